The molecule has 0 aromatic carbocycles. The normalized spacial score (nSPS) is 23.3. The molecule has 2 aliphatic heterocycles. The van der Waals surface area contributed by atoms with Crippen LogP contribution in [0.3, 0.4) is 0 Å². The third kappa shape index (κ3) is 3.95. The highest BCUT2D eigenvalue weighted by molar-refractivity contribution is 7.94. The number of pyridine rings is 1. The minimum atomic E-state index is -3.09. The van der Waals surface area contributed by atoms with Gasteiger partial charge in [0.2, 0.25) is 5.91 Å². The fraction of sp³-hybridized carbons (Fsp3) is 0.529. The number of rotatable bonds is 3. The Morgan fingerprint density at radius 3 is 2.83 bits per heavy atom. The van der Waals surface area contributed by atoms with E-state index in [1.54, 1.807) is 12.3 Å². The van der Waals surface area contributed by atoms with Crippen LogP contribution in [0.5, 0.6) is 0 Å². The van der Waals surface area contributed by atoms with Gasteiger partial charge in [0.15, 0.2) is 9.84 Å². The molecule has 0 aliphatic carbocycles. The van der Waals surface area contributed by atoms with Crippen LogP contribution in [0, 0.1) is 12.8 Å². The SMILES string of the molecule is Cc1cnccc1N1CCCN(C(=O)C[C@@H]2C=CS(=O)(=O)C2)CC1. The number of allylic oxidation sites excluding steroid dienone is 1. The van der Waals surface area contributed by atoms with E-state index in [2.05, 4.69) is 9.88 Å². The number of aryl methyl sites for hydroxylation is 1. The lowest BCUT2D eigenvalue weighted by molar-refractivity contribution is -0.131. The number of carbonyl (C=O) groups excluding carboxylic acids is 1. The molecular formula is C17H23N3O3S. The highest BCUT2D eigenvalue weighted by Crippen LogP contribution is 2.22. The van der Waals surface area contributed by atoms with Gasteiger partial charge in [0.25, 0.3) is 0 Å². The number of hydrogen-bond acceptors (Lipinski definition) is 5. The van der Waals surface area contributed by atoms with Crippen molar-refractivity contribution >= 4 is 21.4 Å². The Kier molecular flexibility index (Phi) is 4.89. The minimum absolute atomic E-state index is 0.0510. The standard InChI is InChI=1S/C17H23N3O3S/c1-14-12-18-5-3-16(14)19-6-2-7-20(9-8-19)17(21)11-15-4-10-24(22,23)13-15/h3-5,10,12,15H,2,6-9,11,13H2,1H3/t15-/m0/s1. The van der Waals surface area contributed by atoms with E-state index in [1.807, 2.05) is 24.1 Å². The average molecular weight is 349 g/mol. The van der Waals surface area contributed by atoms with E-state index >= 15 is 0 Å². The Balaban J connectivity index is 1.58. The summed E-state index contributed by atoms with van der Waals surface area (Å²) in [6, 6.07) is 2.01. The third-order valence-electron chi connectivity index (χ3n) is 4.62. The number of hydrogen-bond donors (Lipinski definition) is 0. The summed E-state index contributed by atoms with van der Waals surface area (Å²) < 4.78 is 22.9. The molecule has 7 heteroatoms. The van der Waals surface area contributed by atoms with Crippen LogP contribution in [-0.2, 0) is 14.6 Å². The van der Waals surface area contributed by atoms with Gasteiger partial charge >= 0.3 is 0 Å². The highest BCUT2D eigenvalue weighted by atomic mass is 32.2. The van der Waals surface area contributed by atoms with E-state index in [-0.39, 0.29) is 24.0 Å². The topological polar surface area (TPSA) is 70.6 Å². The van der Waals surface area contributed by atoms with Crippen LogP contribution in [0.1, 0.15) is 18.4 Å². The number of nitrogens with zero attached hydrogens (tertiary/aromatic N) is 3. The Bertz CT molecular complexity index is 745. The molecule has 1 amide bonds. The van der Waals surface area contributed by atoms with Crippen LogP contribution >= 0.6 is 0 Å². The van der Waals surface area contributed by atoms with Crippen LogP contribution in [-0.4, -0.2) is 56.1 Å². The maximum Gasteiger partial charge on any atom is 0.223 e. The van der Waals surface area contributed by atoms with Gasteiger partial charge in [-0.25, -0.2) is 8.42 Å². The summed E-state index contributed by atoms with van der Waals surface area (Å²) in [5.74, 6) is -0.0612. The quantitative estimate of drug-likeness (QED) is 0.824. The Hall–Kier alpha value is -1.89. The van der Waals surface area contributed by atoms with Gasteiger partial charge < -0.3 is 9.80 Å². The number of amides is 1. The van der Waals surface area contributed by atoms with E-state index in [9.17, 15) is 13.2 Å². The van der Waals surface area contributed by atoms with Crippen molar-refractivity contribution in [2.45, 2.75) is 19.8 Å². The van der Waals surface area contributed by atoms with Gasteiger partial charge in [-0.1, -0.05) is 6.08 Å². The van der Waals surface area contributed by atoms with Gasteiger partial charge in [-0.2, -0.15) is 0 Å². The van der Waals surface area contributed by atoms with E-state index in [0.29, 0.717) is 6.54 Å². The number of sulfone groups is 1. The zero-order chi connectivity index (χ0) is 17.2. The molecule has 2 aliphatic rings. The zero-order valence-electron chi connectivity index (χ0n) is 13.9. The van der Waals surface area contributed by atoms with Crippen LogP contribution in [0.4, 0.5) is 5.69 Å². The molecule has 24 heavy (non-hydrogen) atoms. The van der Waals surface area contributed by atoms with Crippen molar-refractivity contribution in [3.05, 3.63) is 35.5 Å². The van der Waals surface area contributed by atoms with Crippen molar-refractivity contribution < 1.29 is 13.2 Å². The fourth-order valence-electron chi connectivity index (χ4n) is 3.35. The molecule has 0 N–H and O–H groups in total. The van der Waals surface area contributed by atoms with Gasteiger partial charge in [0.05, 0.1) is 5.75 Å². The van der Waals surface area contributed by atoms with Gasteiger partial charge in [-0.05, 0) is 25.0 Å². The van der Waals surface area contributed by atoms with E-state index < -0.39 is 9.84 Å². The van der Waals surface area contributed by atoms with Gasteiger partial charge in [-0.15, -0.1) is 0 Å². The van der Waals surface area contributed by atoms with Crippen LogP contribution < -0.4 is 4.90 Å². The van der Waals surface area contributed by atoms with Crippen molar-refractivity contribution in [2.24, 2.45) is 5.92 Å². The molecule has 1 fully saturated rings. The van der Waals surface area contributed by atoms with Gasteiger partial charge in [0, 0.05) is 62.0 Å². The second kappa shape index (κ2) is 6.93. The van der Waals surface area contributed by atoms with Crippen molar-refractivity contribution in [3.8, 4) is 0 Å². The first kappa shape index (κ1) is 17.0. The number of anilines is 1. The second-order valence-corrected chi connectivity index (χ2v) is 8.44. The van der Waals surface area contributed by atoms with E-state index in [4.69, 9.17) is 0 Å². The first-order valence-electron chi connectivity index (χ1n) is 8.29. The predicted molar refractivity (Wildman–Crippen MR) is 93.4 cm³/mol. The lowest BCUT2D eigenvalue weighted by Crippen LogP contribution is -2.36. The summed E-state index contributed by atoms with van der Waals surface area (Å²) in [6.07, 6.45) is 6.49. The van der Waals surface area contributed by atoms with Crippen molar-refractivity contribution in [1.82, 2.24) is 9.88 Å². The first-order valence-corrected chi connectivity index (χ1v) is 10.0. The zero-order valence-corrected chi connectivity index (χ0v) is 14.7. The first-order chi connectivity index (χ1) is 11.4. The minimum Gasteiger partial charge on any atom is -0.369 e. The molecule has 3 heterocycles. The Morgan fingerprint density at radius 2 is 2.12 bits per heavy atom. The average Bonchev–Trinajstić information content (AvgIpc) is 2.75. The van der Waals surface area contributed by atoms with Gasteiger partial charge in [-0.3, -0.25) is 9.78 Å². The predicted octanol–water partition coefficient (Wildman–Crippen LogP) is 1.38. The summed E-state index contributed by atoms with van der Waals surface area (Å²) in [7, 11) is -3.09. The lowest BCUT2D eigenvalue weighted by atomic mass is 10.1. The molecule has 0 unspecified atom stereocenters. The molecule has 0 saturated carbocycles. The third-order valence-corrected chi connectivity index (χ3v) is 6.09. The molecule has 130 valence electrons. The van der Waals surface area contributed by atoms with Crippen molar-refractivity contribution in [2.75, 3.05) is 36.8 Å². The summed E-state index contributed by atoms with van der Waals surface area (Å²) in [5, 5.41) is 1.24. The molecule has 1 atom stereocenters. The summed E-state index contributed by atoms with van der Waals surface area (Å²) >= 11 is 0. The number of aromatic nitrogens is 1. The van der Waals surface area contributed by atoms with Crippen LogP contribution in [0.25, 0.3) is 0 Å². The highest BCUT2D eigenvalue weighted by Gasteiger charge is 2.27. The van der Waals surface area contributed by atoms with Crippen molar-refractivity contribution in [3.63, 3.8) is 0 Å². The molecule has 0 spiro atoms. The lowest BCUT2D eigenvalue weighted by Gasteiger charge is -2.25. The molecule has 1 aromatic rings. The molecule has 6 nitrogen and oxygen atoms in total. The molecule has 1 saturated heterocycles. The maximum atomic E-state index is 12.5. The molecule has 1 aromatic heterocycles. The molecular weight excluding hydrogens is 326 g/mol. The summed E-state index contributed by atoms with van der Waals surface area (Å²) in [5.41, 5.74) is 2.31. The van der Waals surface area contributed by atoms with Gasteiger partial charge in [0.1, 0.15) is 0 Å². The smallest absolute Gasteiger partial charge is 0.223 e. The van der Waals surface area contributed by atoms with Crippen LogP contribution in [0.15, 0.2) is 29.9 Å². The molecule has 0 radical (unpaired) electrons. The molecule has 3 rings (SSSR count). The second-order valence-electron chi connectivity index (χ2n) is 6.51. The largest absolute Gasteiger partial charge is 0.369 e. The van der Waals surface area contributed by atoms with E-state index in [1.165, 1.54) is 11.1 Å². The summed E-state index contributed by atoms with van der Waals surface area (Å²) in [4.78, 5) is 20.8. The van der Waals surface area contributed by atoms with Crippen molar-refractivity contribution in [1.29, 1.82) is 0 Å². The maximum absolute atomic E-state index is 12.5. The summed E-state index contributed by atoms with van der Waals surface area (Å²) in [6.45, 7) is 5.14. The Labute approximate surface area is 143 Å². The van der Waals surface area contributed by atoms with Crippen LogP contribution in [0.2, 0.25) is 0 Å². The fourth-order valence-corrected chi connectivity index (χ4v) is 4.75. The molecule has 0 bridgehead atoms. The number of carbonyl (C=O) groups is 1. The monoisotopic (exact) mass is 349 g/mol. The Morgan fingerprint density at radius 1 is 1.29 bits per heavy atom. The van der Waals surface area contributed by atoms with E-state index in [0.717, 1.165) is 31.6 Å².